The molecule has 5 nitrogen and oxygen atoms in total. The molecule has 1 unspecified atom stereocenters. The molecule has 1 aromatic heterocycles. The second kappa shape index (κ2) is 9.34. The van der Waals surface area contributed by atoms with E-state index in [-0.39, 0.29) is 17.5 Å². The Bertz CT molecular complexity index is 480. The van der Waals surface area contributed by atoms with Crippen molar-refractivity contribution < 1.29 is 14.7 Å². The predicted octanol–water partition coefficient (Wildman–Crippen LogP) is 3.14. The number of carboxylic acids is 1. The summed E-state index contributed by atoms with van der Waals surface area (Å²) >= 11 is 5.74. The minimum atomic E-state index is -0.772. The molecule has 1 aromatic rings. The van der Waals surface area contributed by atoms with Crippen LogP contribution in [0.1, 0.15) is 49.4 Å². The fourth-order valence-electron chi connectivity index (χ4n) is 2.20. The van der Waals surface area contributed by atoms with Crippen molar-refractivity contribution in [3.8, 4) is 0 Å². The number of aliphatic carboxylic acids is 1. The number of nitrogens with one attached hydrogen (secondary N) is 1. The number of hydrogen-bond donors (Lipinski definition) is 2. The zero-order chi connectivity index (χ0) is 15.7. The molecule has 0 aliphatic heterocycles. The molecule has 0 aliphatic carbocycles. The third-order valence-corrected chi connectivity index (χ3v) is 3.50. The molecule has 0 saturated heterocycles. The summed E-state index contributed by atoms with van der Waals surface area (Å²) in [6.45, 7) is 2.61. The summed E-state index contributed by atoms with van der Waals surface area (Å²) in [5.41, 5.74) is 0.479. The normalized spacial score (nSPS) is 11.9. The van der Waals surface area contributed by atoms with E-state index < -0.39 is 5.97 Å². The zero-order valence-electron chi connectivity index (χ0n) is 12.1. The van der Waals surface area contributed by atoms with E-state index in [0.29, 0.717) is 24.4 Å². The summed E-state index contributed by atoms with van der Waals surface area (Å²) in [7, 11) is 0. The molecule has 6 heteroatoms. The van der Waals surface area contributed by atoms with Crippen molar-refractivity contribution >= 4 is 23.5 Å². The van der Waals surface area contributed by atoms with Crippen LogP contribution in [-0.2, 0) is 4.79 Å². The van der Waals surface area contributed by atoms with Gasteiger partial charge in [-0.2, -0.15) is 0 Å². The highest BCUT2D eigenvalue weighted by Gasteiger charge is 2.11. The second-order valence-corrected chi connectivity index (χ2v) is 5.39. The fraction of sp³-hybridized carbons (Fsp3) is 0.533. The second-order valence-electron chi connectivity index (χ2n) is 5.00. The number of carbonyl (C=O) groups excluding carboxylic acids is 1. The lowest BCUT2D eigenvalue weighted by Crippen LogP contribution is -2.26. The first-order chi connectivity index (χ1) is 10.0. The van der Waals surface area contributed by atoms with Crippen LogP contribution in [0.4, 0.5) is 0 Å². The summed E-state index contributed by atoms with van der Waals surface area (Å²) in [5, 5.41) is 11.8. The summed E-state index contributed by atoms with van der Waals surface area (Å²) in [4.78, 5) is 26.4. The lowest BCUT2D eigenvalue weighted by molar-refractivity contribution is -0.137. The van der Waals surface area contributed by atoms with E-state index in [1.54, 1.807) is 6.07 Å². The number of hydrogen-bond acceptors (Lipinski definition) is 3. The SMILES string of the molecule is CCCC(CCNC(=O)c1ccnc(Cl)c1)CCC(=O)O. The average Bonchev–Trinajstić information content (AvgIpc) is 2.44. The standard InChI is InChI=1S/C15H21ClN2O3/c1-2-3-11(4-5-14(19)20)6-8-18-15(21)12-7-9-17-13(16)10-12/h7,9-11H,2-6,8H2,1H3,(H,18,21)(H,19,20). The molecule has 0 bridgehead atoms. The maximum Gasteiger partial charge on any atom is 0.303 e. The smallest absolute Gasteiger partial charge is 0.303 e. The molecule has 0 radical (unpaired) electrons. The van der Waals surface area contributed by atoms with E-state index in [0.717, 1.165) is 19.3 Å². The molecule has 1 amide bonds. The van der Waals surface area contributed by atoms with Gasteiger partial charge in [-0.05, 0) is 30.9 Å². The Kier molecular flexibility index (Phi) is 7.75. The van der Waals surface area contributed by atoms with Gasteiger partial charge in [0.1, 0.15) is 5.15 Å². The number of rotatable bonds is 9. The molecule has 0 saturated carbocycles. The van der Waals surface area contributed by atoms with Gasteiger partial charge in [-0.15, -0.1) is 0 Å². The van der Waals surface area contributed by atoms with Crippen molar-refractivity contribution in [2.75, 3.05) is 6.54 Å². The van der Waals surface area contributed by atoms with Crippen LogP contribution in [0.3, 0.4) is 0 Å². The Morgan fingerprint density at radius 2 is 2.14 bits per heavy atom. The number of carboxylic acid groups (broad SMARTS) is 1. The first-order valence-corrected chi connectivity index (χ1v) is 7.52. The summed E-state index contributed by atoms with van der Waals surface area (Å²) < 4.78 is 0. The van der Waals surface area contributed by atoms with Crippen molar-refractivity contribution in [2.24, 2.45) is 5.92 Å². The van der Waals surface area contributed by atoms with Crippen LogP contribution in [0.2, 0.25) is 5.15 Å². The maximum absolute atomic E-state index is 11.9. The minimum absolute atomic E-state index is 0.179. The summed E-state index contributed by atoms with van der Waals surface area (Å²) in [6.07, 6.45) is 5.09. The van der Waals surface area contributed by atoms with Gasteiger partial charge >= 0.3 is 5.97 Å². The van der Waals surface area contributed by atoms with E-state index >= 15 is 0 Å². The molecule has 21 heavy (non-hydrogen) atoms. The van der Waals surface area contributed by atoms with Gasteiger partial charge in [0.2, 0.25) is 0 Å². The molecule has 116 valence electrons. The largest absolute Gasteiger partial charge is 0.481 e. The van der Waals surface area contributed by atoms with Crippen LogP contribution in [-0.4, -0.2) is 28.5 Å². The van der Waals surface area contributed by atoms with Gasteiger partial charge in [0.05, 0.1) is 0 Å². The van der Waals surface area contributed by atoms with E-state index in [2.05, 4.69) is 17.2 Å². The van der Waals surface area contributed by atoms with Crippen LogP contribution < -0.4 is 5.32 Å². The molecule has 0 fully saturated rings. The Labute approximate surface area is 129 Å². The maximum atomic E-state index is 11.9. The quantitative estimate of drug-likeness (QED) is 0.687. The topological polar surface area (TPSA) is 79.3 Å². The number of pyridine rings is 1. The molecule has 1 atom stereocenters. The molecule has 0 aromatic carbocycles. The van der Waals surface area contributed by atoms with Gasteiger partial charge in [-0.3, -0.25) is 9.59 Å². The molecule has 0 aliphatic rings. The zero-order valence-corrected chi connectivity index (χ0v) is 12.9. The first-order valence-electron chi connectivity index (χ1n) is 7.14. The highest BCUT2D eigenvalue weighted by atomic mass is 35.5. The number of amides is 1. The lowest BCUT2D eigenvalue weighted by Gasteiger charge is -2.15. The highest BCUT2D eigenvalue weighted by Crippen LogP contribution is 2.17. The molecule has 2 N–H and O–H groups in total. The lowest BCUT2D eigenvalue weighted by atomic mass is 9.94. The fourth-order valence-corrected chi connectivity index (χ4v) is 2.38. The average molecular weight is 313 g/mol. The molecule has 1 rings (SSSR count). The summed E-state index contributed by atoms with van der Waals surface area (Å²) in [5.74, 6) is -0.633. The highest BCUT2D eigenvalue weighted by molar-refractivity contribution is 6.29. The Hall–Kier alpha value is -1.62. The van der Waals surface area contributed by atoms with Gasteiger partial charge in [0.15, 0.2) is 0 Å². The number of halogens is 1. The van der Waals surface area contributed by atoms with Crippen molar-refractivity contribution in [1.82, 2.24) is 10.3 Å². The minimum Gasteiger partial charge on any atom is -0.481 e. The van der Waals surface area contributed by atoms with Crippen LogP contribution in [0.25, 0.3) is 0 Å². The molecule has 0 spiro atoms. The summed E-state index contributed by atoms with van der Waals surface area (Å²) in [6, 6.07) is 3.13. The van der Waals surface area contributed by atoms with E-state index in [9.17, 15) is 9.59 Å². The Morgan fingerprint density at radius 3 is 2.76 bits per heavy atom. The Morgan fingerprint density at radius 1 is 1.38 bits per heavy atom. The first kappa shape index (κ1) is 17.4. The van der Waals surface area contributed by atoms with Gasteiger partial charge in [0.25, 0.3) is 5.91 Å². The van der Waals surface area contributed by atoms with Gasteiger partial charge in [-0.1, -0.05) is 31.4 Å². The number of nitrogens with zero attached hydrogens (tertiary/aromatic N) is 1. The third kappa shape index (κ3) is 7.09. The van der Waals surface area contributed by atoms with E-state index in [4.69, 9.17) is 16.7 Å². The third-order valence-electron chi connectivity index (χ3n) is 3.29. The predicted molar refractivity (Wildman–Crippen MR) is 81.5 cm³/mol. The molecule has 1 heterocycles. The number of carbonyl (C=O) groups is 2. The van der Waals surface area contributed by atoms with Gasteiger partial charge in [0, 0.05) is 24.7 Å². The monoisotopic (exact) mass is 312 g/mol. The van der Waals surface area contributed by atoms with Crippen LogP contribution in [0, 0.1) is 5.92 Å². The molecular weight excluding hydrogens is 292 g/mol. The number of aromatic nitrogens is 1. The van der Waals surface area contributed by atoms with E-state index in [1.165, 1.54) is 12.3 Å². The van der Waals surface area contributed by atoms with Gasteiger partial charge in [-0.25, -0.2) is 4.98 Å². The Balaban J connectivity index is 2.38. The van der Waals surface area contributed by atoms with Crippen LogP contribution in [0.5, 0.6) is 0 Å². The molecular formula is C15H21ClN2O3. The van der Waals surface area contributed by atoms with Crippen molar-refractivity contribution in [2.45, 2.75) is 39.0 Å². The van der Waals surface area contributed by atoms with Crippen LogP contribution in [0.15, 0.2) is 18.3 Å². The van der Waals surface area contributed by atoms with Crippen molar-refractivity contribution in [3.05, 3.63) is 29.0 Å². The van der Waals surface area contributed by atoms with Crippen molar-refractivity contribution in [3.63, 3.8) is 0 Å². The van der Waals surface area contributed by atoms with Crippen molar-refractivity contribution in [1.29, 1.82) is 0 Å². The van der Waals surface area contributed by atoms with Crippen LogP contribution >= 0.6 is 11.6 Å². The van der Waals surface area contributed by atoms with E-state index in [1.807, 2.05) is 0 Å². The van der Waals surface area contributed by atoms with Gasteiger partial charge < -0.3 is 10.4 Å².